The highest BCUT2D eigenvalue weighted by molar-refractivity contribution is 14.1. The van der Waals surface area contributed by atoms with Gasteiger partial charge in [0.25, 0.3) is 5.91 Å². The molecule has 0 radical (unpaired) electrons. The maximum absolute atomic E-state index is 12.4. The fourth-order valence-corrected chi connectivity index (χ4v) is 3.39. The normalized spacial score (nSPS) is 15.0. The summed E-state index contributed by atoms with van der Waals surface area (Å²) in [5.74, 6) is 0.0356. The summed E-state index contributed by atoms with van der Waals surface area (Å²) in [6.07, 6.45) is 0. The molecule has 1 N–H and O–H groups in total. The monoisotopic (exact) mass is 449 g/mol. The van der Waals surface area contributed by atoms with Gasteiger partial charge in [-0.1, -0.05) is 24.3 Å². The van der Waals surface area contributed by atoms with E-state index < -0.39 is 0 Å². The third-order valence-electron chi connectivity index (χ3n) is 4.16. The van der Waals surface area contributed by atoms with E-state index in [-0.39, 0.29) is 11.8 Å². The SMILES string of the molecule is O=C(CN1CCN(C(=O)c2ccccc2)CC1)Nc1cccc(I)c1. The smallest absolute Gasteiger partial charge is 0.253 e. The zero-order valence-electron chi connectivity index (χ0n) is 13.8. The van der Waals surface area contributed by atoms with Crippen molar-refractivity contribution in [2.45, 2.75) is 0 Å². The van der Waals surface area contributed by atoms with E-state index in [2.05, 4.69) is 32.8 Å². The van der Waals surface area contributed by atoms with Gasteiger partial charge >= 0.3 is 0 Å². The zero-order chi connectivity index (χ0) is 17.6. The summed E-state index contributed by atoms with van der Waals surface area (Å²) in [5.41, 5.74) is 1.53. The van der Waals surface area contributed by atoms with E-state index >= 15 is 0 Å². The minimum atomic E-state index is -0.0233. The van der Waals surface area contributed by atoms with Crippen molar-refractivity contribution in [3.8, 4) is 0 Å². The molecule has 0 aromatic heterocycles. The Bertz CT molecular complexity index is 743. The molecule has 1 heterocycles. The molecule has 0 spiro atoms. The van der Waals surface area contributed by atoms with Crippen LogP contribution in [0.3, 0.4) is 0 Å². The molecule has 0 atom stereocenters. The van der Waals surface area contributed by atoms with Crippen LogP contribution in [0.1, 0.15) is 10.4 Å². The molecule has 2 amide bonds. The van der Waals surface area contributed by atoms with Crippen LogP contribution in [0.4, 0.5) is 5.69 Å². The third-order valence-corrected chi connectivity index (χ3v) is 4.83. The van der Waals surface area contributed by atoms with E-state index in [0.717, 1.165) is 9.26 Å². The van der Waals surface area contributed by atoms with Gasteiger partial charge < -0.3 is 10.2 Å². The second-order valence-electron chi connectivity index (χ2n) is 5.99. The highest BCUT2D eigenvalue weighted by Gasteiger charge is 2.23. The Morgan fingerprint density at radius 2 is 1.68 bits per heavy atom. The summed E-state index contributed by atoms with van der Waals surface area (Å²) >= 11 is 2.22. The van der Waals surface area contributed by atoms with Crippen molar-refractivity contribution in [3.05, 3.63) is 63.7 Å². The molecule has 3 rings (SSSR count). The van der Waals surface area contributed by atoms with E-state index in [1.807, 2.05) is 59.5 Å². The standard InChI is InChI=1S/C19H20IN3O2/c20-16-7-4-8-17(13-16)21-18(24)14-22-9-11-23(12-10-22)19(25)15-5-2-1-3-6-15/h1-8,13H,9-12,14H2,(H,21,24). The molecule has 0 unspecified atom stereocenters. The van der Waals surface area contributed by atoms with Gasteiger partial charge in [0.05, 0.1) is 6.54 Å². The van der Waals surface area contributed by atoms with Crippen molar-refractivity contribution in [1.29, 1.82) is 0 Å². The number of carbonyl (C=O) groups is 2. The number of piperazine rings is 1. The van der Waals surface area contributed by atoms with Crippen molar-refractivity contribution in [2.75, 3.05) is 38.0 Å². The van der Waals surface area contributed by atoms with Crippen LogP contribution in [-0.4, -0.2) is 54.3 Å². The topological polar surface area (TPSA) is 52.7 Å². The highest BCUT2D eigenvalue weighted by Crippen LogP contribution is 2.13. The molecule has 1 aliphatic heterocycles. The summed E-state index contributed by atoms with van der Waals surface area (Å²) in [7, 11) is 0. The lowest BCUT2D eigenvalue weighted by Crippen LogP contribution is -2.50. The van der Waals surface area contributed by atoms with Crippen LogP contribution in [0.25, 0.3) is 0 Å². The predicted octanol–water partition coefficient (Wildman–Crippen LogP) is 2.69. The second kappa shape index (κ2) is 8.44. The van der Waals surface area contributed by atoms with Gasteiger partial charge in [-0.2, -0.15) is 0 Å². The number of hydrogen-bond acceptors (Lipinski definition) is 3. The van der Waals surface area contributed by atoms with Crippen LogP contribution >= 0.6 is 22.6 Å². The van der Waals surface area contributed by atoms with Crippen LogP contribution in [0, 0.1) is 3.57 Å². The summed E-state index contributed by atoms with van der Waals surface area (Å²) in [6.45, 7) is 3.05. The fraction of sp³-hybridized carbons (Fsp3) is 0.263. The molecule has 1 aliphatic rings. The van der Waals surface area contributed by atoms with Crippen LogP contribution in [0.5, 0.6) is 0 Å². The summed E-state index contributed by atoms with van der Waals surface area (Å²) in [5, 5.41) is 2.92. The average Bonchev–Trinajstić information content (AvgIpc) is 2.62. The quantitative estimate of drug-likeness (QED) is 0.731. The minimum Gasteiger partial charge on any atom is -0.336 e. The number of carbonyl (C=O) groups excluding carboxylic acids is 2. The lowest BCUT2D eigenvalue weighted by Gasteiger charge is -2.34. The fourth-order valence-electron chi connectivity index (χ4n) is 2.84. The number of benzene rings is 2. The highest BCUT2D eigenvalue weighted by atomic mass is 127. The average molecular weight is 449 g/mol. The molecule has 130 valence electrons. The van der Waals surface area contributed by atoms with Gasteiger partial charge in [0.2, 0.25) is 5.91 Å². The molecule has 0 saturated carbocycles. The van der Waals surface area contributed by atoms with Crippen molar-refractivity contribution < 1.29 is 9.59 Å². The van der Waals surface area contributed by atoms with Crippen LogP contribution in [0.2, 0.25) is 0 Å². The molecule has 6 heteroatoms. The predicted molar refractivity (Wildman–Crippen MR) is 107 cm³/mol. The Morgan fingerprint density at radius 1 is 0.960 bits per heavy atom. The number of amides is 2. The largest absolute Gasteiger partial charge is 0.336 e. The summed E-state index contributed by atoms with van der Waals surface area (Å²) in [4.78, 5) is 28.6. The molecule has 2 aromatic rings. The number of anilines is 1. The van der Waals surface area contributed by atoms with Gasteiger partial charge in [-0.15, -0.1) is 0 Å². The van der Waals surface area contributed by atoms with Crippen LogP contribution in [-0.2, 0) is 4.79 Å². The Kier molecular flexibility index (Phi) is 6.04. The lowest BCUT2D eigenvalue weighted by atomic mass is 10.2. The van der Waals surface area contributed by atoms with Gasteiger partial charge in [-0.05, 0) is 52.9 Å². The van der Waals surface area contributed by atoms with E-state index in [1.54, 1.807) is 0 Å². The maximum atomic E-state index is 12.4. The molecule has 0 bridgehead atoms. The Labute approximate surface area is 161 Å². The van der Waals surface area contributed by atoms with E-state index in [4.69, 9.17) is 0 Å². The minimum absolute atomic E-state index is 0.0233. The molecule has 2 aromatic carbocycles. The van der Waals surface area contributed by atoms with Gasteiger partial charge in [0.15, 0.2) is 0 Å². The van der Waals surface area contributed by atoms with Gasteiger partial charge in [0.1, 0.15) is 0 Å². The number of halogens is 1. The van der Waals surface area contributed by atoms with Crippen molar-refractivity contribution in [1.82, 2.24) is 9.80 Å². The van der Waals surface area contributed by atoms with E-state index in [9.17, 15) is 9.59 Å². The molecule has 1 saturated heterocycles. The Balaban J connectivity index is 1.47. The van der Waals surface area contributed by atoms with Gasteiger partial charge in [-0.25, -0.2) is 0 Å². The van der Waals surface area contributed by atoms with Crippen molar-refractivity contribution in [3.63, 3.8) is 0 Å². The first kappa shape index (κ1) is 17.9. The number of rotatable bonds is 4. The van der Waals surface area contributed by atoms with Crippen LogP contribution < -0.4 is 5.32 Å². The van der Waals surface area contributed by atoms with E-state index in [1.165, 1.54) is 0 Å². The molecule has 1 fully saturated rings. The summed E-state index contributed by atoms with van der Waals surface area (Å²) in [6, 6.07) is 17.1. The van der Waals surface area contributed by atoms with Crippen molar-refractivity contribution in [2.24, 2.45) is 0 Å². The molecular formula is C19H20IN3O2. The van der Waals surface area contributed by atoms with E-state index in [0.29, 0.717) is 38.3 Å². The third kappa shape index (κ3) is 5.02. The number of nitrogens with zero attached hydrogens (tertiary/aromatic N) is 2. The van der Waals surface area contributed by atoms with Crippen molar-refractivity contribution >= 4 is 40.1 Å². The maximum Gasteiger partial charge on any atom is 0.253 e. The van der Waals surface area contributed by atoms with Crippen LogP contribution in [0.15, 0.2) is 54.6 Å². The van der Waals surface area contributed by atoms with Gasteiger partial charge in [-0.3, -0.25) is 14.5 Å². The summed E-state index contributed by atoms with van der Waals surface area (Å²) < 4.78 is 1.09. The first-order valence-electron chi connectivity index (χ1n) is 8.24. The molecule has 0 aliphatic carbocycles. The Hall–Kier alpha value is -1.93. The molecule has 25 heavy (non-hydrogen) atoms. The Morgan fingerprint density at radius 3 is 2.36 bits per heavy atom. The first-order chi connectivity index (χ1) is 12.1. The molecular weight excluding hydrogens is 429 g/mol. The first-order valence-corrected chi connectivity index (χ1v) is 9.32. The zero-order valence-corrected chi connectivity index (χ0v) is 16.0. The number of hydrogen-bond donors (Lipinski definition) is 1. The number of nitrogens with one attached hydrogen (secondary N) is 1. The molecule has 5 nitrogen and oxygen atoms in total. The second-order valence-corrected chi connectivity index (χ2v) is 7.24. The lowest BCUT2D eigenvalue weighted by molar-refractivity contribution is -0.117. The van der Waals surface area contributed by atoms with Gasteiger partial charge in [0, 0.05) is 41.0 Å².